The van der Waals surface area contributed by atoms with Crippen LogP contribution in [0.1, 0.15) is 30.4 Å². The Labute approximate surface area is 115 Å². The molecule has 0 aromatic heterocycles. The maximum absolute atomic E-state index is 9.11. The summed E-state index contributed by atoms with van der Waals surface area (Å²) in [4.78, 5) is 4.75. The first kappa shape index (κ1) is 12.9. The number of likely N-dealkylation sites (N-methyl/N-ethyl adjacent to an activating group) is 1. The Hall–Kier alpha value is -1.06. The molecule has 1 N–H and O–H groups in total. The van der Waals surface area contributed by atoms with E-state index < -0.39 is 0 Å². The highest BCUT2D eigenvalue weighted by Gasteiger charge is 2.30. The van der Waals surface area contributed by atoms with Crippen LogP contribution in [-0.4, -0.2) is 49.3 Å². The molecule has 19 heavy (non-hydrogen) atoms. The van der Waals surface area contributed by atoms with Gasteiger partial charge in [-0.1, -0.05) is 12.1 Å². The van der Waals surface area contributed by atoms with Crippen LogP contribution in [0.25, 0.3) is 0 Å². The normalized spacial score (nSPS) is 27.0. The van der Waals surface area contributed by atoms with Gasteiger partial charge in [-0.05, 0) is 42.9 Å². The Morgan fingerprint density at radius 1 is 1.37 bits per heavy atom. The zero-order valence-electron chi connectivity index (χ0n) is 12.0. The van der Waals surface area contributed by atoms with Crippen molar-refractivity contribution in [2.24, 2.45) is 0 Å². The van der Waals surface area contributed by atoms with Gasteiger partial charge in [-0.3, -0.25) is 4.90 Å². The van der Waals surface area contributed by atoms with Crippen molar-refractivity contribution in [1.82, 2.24) is 4.90 Å². The lowest BCUT2D eigenvalue weighted by Crippen LogP contribution is -2.29. The van der Waals surface area contributed by atoms with Crippen molar-refractivity contribution in [3.63, 3.8) is 0 Å². The summed E-state index contributed by atoms with van der Waals surface area (Å²) in [6.45, 7) is 5.60. The van der Waals surface area contributed by atoms with Crippen LogP contribution in [0.4, 0.5) is 5.69 Å². The highest BCUT2D eigenvalue weighted by Crippen LogP contribution is 2.35. The van der Waals surface area contributed by atoms with Gasteiger partial charge in [-0.25, -0.2) is 0 Å². The Bertz CT molecular complexity index is 460. The average molecular weight is 260 g/mol. The van der Waals surface area contributed by atoms with Crippen LogP contribution in [0.2, 0.25) is 0 Å². The molecule has 0 amide bonds. The van der Waals surface area contributed by atoms with E-state index in [0.29, 0.717) is 12.0 Å². The van der Waals surface area contributed by atoms with Crippen LogP contribution in [-0.2, 0) is 6.42 Å². The fourth-order valence-electron chi connectivity index (χ4n) is 3.62. The predicted octanol–water partition coefficient (Wildman–Crippen LogP) is 1.85. The van der Waals surface area contributed by atoms with Crippen LogP contribution in [0.3, 0.4) is 0 Å². The Balaban J connectivity index is 1.77. The van der Waals surface area contributed by atoms with E-state index in [0.717, 1.165) is 19.6 Å². The molecule has 0 saturated carbocycles. The molecule has 104 valence electrons. The lowest BCUT2D eigenvalue weighted by Gasteiger charge is -2.19. The lowest BCUT2D eigenvalue weighted by atomic mass is 9.94. The second-order valence-electron chi connectivity index (χ2n) is 6.06. The zero-order chi connectivity index (χ0) is 13.4. The molecule has 1 aromatic rings. The first-order valence-corrected chi connectivity index (χ1v) is 7.38. The summed E-state index contributed by atoms with van der Waals surface area (Å²) >= 11 is 0. The lowest BCUT2D eigenvalue weighted by molar-refractivity contribution is 0.191. The van der Waals surface area contributed by atoms with Gasteiger partial charge in [0.1, 0.15) is 0 Å². The molecule has 2 heterocycles. The SMILES string of the molecule is CC1CC(c2ccc3c(c2)CCN3C)CN1CCO. The van der Waals surface area contributed by atoms with E-state index in [-0.39, 0.29) is 6.61 Å². The quantitative estimate of drug-likeness (QED) is 0.898. The first-order valence-electron chi connectivity index (χ1n) is 7.38. The summed E-state index contributed by atoms with van der Waals surface area (Å²) in [5, 5.41) is 9.11. The third-order valence-corrected chi connectivity index (χ3v) is 4.79. The van der Waals surface area contributed by atoms with Crippen LogP contribution < -0.4 is 4.90 Å². The molecule has 2 aliphatic heterocycles. The molecular weight excluding hydrogens is 236 g/mol. The van der Waals surface area contributed by atoms with Crippen molar-refractivity contribution in [3.05, 3.63) is 29.3 Å². The topological polar surface area (TPSA) is 26.7 Å². The fourth-order valence-corrected chi connectivity index (χ4v) is 3.62. The van der Waals surface area contributed by atoms with Crippen LogP contribution in [0, 0.1) is 0 Å². The largest absolute Gasteiger partial charge is 0.395 e. The van der Waals surface area contributed by atoms with E-state index in [1.807, 2.05) is 0 Å². The van der Waals surface area contributed by atoms with E-state index in [9.17, 15) is 0 Å². The van der Waals surface area contributed by atoms with Crippen LogP contribution in [0.15, 0.2) is 18.2 Å². The van der Waals surface area contributed by atoms with Crippen molar-refractivity contribution in [2.45, 2.75) is 31.7 Å². The number of hydrogen-bond acceptors (Lipinski definition) is 3. The smallest absolute Gasteiger partial charge is 0.0558 e. The molecular formula is C16H24N2O. The molecule has 2 unspecified atom stereocenters. The number of benzene rings is 1. The van der Waals surface area contributed by atoms with Gasteiger partial charge in [0.2, 0.25) is 0 Å². The van der Waals surface area contributed by atoms with Crippen LogP contribution in [0.5, 0.6) is 0 Å². The van der Waals surface area contributed by atoms with Gasteiger partial charge in [0.15, 0.2) is 0 Å². The summed E-state index contributed by atoms with van der Waals surface area (Å²) in [7, 11) is 2.17. The highest BCUT2D eigenvalue weighted by atomic mass is 16.3. The number of fused-ring (bicyclic) bond motifs is 1. The maximum atomic E-state index is 9.11. The van der Waals surface area contributed by atoms with Gasteiger partial charge in [-0.15, -0.1) is 0 Å². The summed E-state index contributed by atoms with van der Waals surface area (Å²) < 4.78 is 0. The number of nitrogens with zero attached hydrogens (tertiary/aromatic N) is 2. The van der Waals surface area contributed by atoms with E-state index >= 15 is 0 Å². The predicted molar refractivity (Wildman–Crippen MR) is 78.9 cm³/mol. The van der Waals surface area contributed by atoms with Gasteiger partial charge >= 0.3 is 0 Å². The number of β-amino-alcohol motifs (C(OH)–C–C–N with tert-alkyl or cyclic N) is 1. The summed E-state index contributed by atoms with van der Waals surface area (Å²) in [5.41, 5.74) is 4.40. The van der Waals surface area contributed by atoms with Gasteiger partial charge < -0.3 is 10.0 Å². The molecule has 2 atom stereocenters. The number of aliphatic hydroxyl groups is 1. The summed E-state index contributed by atoms with van der Waals surface area (Å²) in [5.74, 6) is 0.637. The van der Waals surface area contributed by atoms with Gasteiger partial charge in [0, 0.05) is 38.4 Å². The van der Waals surface area contributed by atoms with Crippen molar-refractivity contribution < 1.29 is 5.11 Å². The van der Waals surface area contributed by atoms with Crippen molar-refractivity contribution >= 4 is 5.69 Å². The average Bonchev–Trinajstić information content (AvgIpc) is 2.95. The number of rotatable bonds is 3. The molecule has 1 saturated heterocycles. The van der Waals surface area contributed by atoms with Crippen molar-refractivity contribution in [2.75, 3.05) is 38.2 Å². The molecule has 3 nitrogen and oxygen atoms in total. The third-order valence-electron chi connectivity index (χ3n) is 4.79. The molecule has 3 heteroatoms. The second kappa shape index (κ2) is 5.14. The molecule has 0 spiro atoms. The highest BCUT2D eigenvalue weighted by molar-refractivity contribution is 5.58. The minimum atomic E-state index is 0.270. The van der Waals surface area contributed by atoms with Gasteiger partial charge in [0.25, 0.3) is 0 Å². The molecule has 2 aliphatic rings. The third kappa shape index (κ3) is 2.37. The van der Waals surface area contributed by atoms with E-state index in [2.05, 4.69) is 42.0 Å². The number of anilines is 1. The number of likely N-dealkylation sites (tertiary alicyclic amines) is 1. The van der Waals surface area contributed by atoms with E-state index in [4.69, 9.17) is 5.11 Å². The van der Waals surface area contributed by atoms with Crippen molar-refractivity contribution in [1.29, 1.82) is 0 Å². The Morgan fingerprint density at radius 2 is 2.21 bits per heavy atom. The second-order valence-corrected chi connectivity index (χ2v) is 6.06. The molecule has 1 fully saturated rings. The zero-order valence-corrected chi connectivity index (χ0v) is 12.0. The standard InChI is InChI=1S/C16H24N2O/c1-12-9-15(11-18(12)7-8-19)13-3-4-16-14(10-13)5-6-17(16)2/h3-4,10,12,15,19H,5-9,11H2,1-2H3. The molecule has 1 aromatic carbocycles. The minimum absolute atomic E-state index is 0.270. The van der Waals surface area contributed by atoms with E-state index in [1.165, 1.54) is 29.7 Å². The minimum Gasteiger partial charge on any atom is -0.395 e. The van der Waals surface area contributed by atoms with Gasteiger partial charge in [0.05, 0.1) is 6.61 Å². The van der Waals surface area contributed by atoms with Crippen LogP contribution >= 0.6 is 0 Å². The molecule has 0 radical (unpaired) electrons. The summed E-state index contributed by atoms with van der Waals surface area (Å²) in [6, 6.07) is 7.60. The van der Waals surface area contributed by atoms with Gasteiger partial charge in [-0.2, -0.15) is 0 Å². The fraction of sp³-hybridized carbons (Fsp3) is 0.625. The van der Waals surface area contributed by atoms with Crippen molar-refractivity contribution in [3.8, 4) is 0 Å². The molecule has 0 aliphatic carbocycles. The molecule has 0 bridgehead atoms. The monoisotopic (exact) mass is 260 g/mol. The Kier molecular flexibility index (Phi) is 3.50. The van der Waals surface area contributed by atoms with E-state index in [1.54, 1.807) is 0 Å². The first-order chi connectivity index (χ1) is 9.19. The summed E-state index contributed by atoms with van der Waals surface area (Å²) in [6.07, 6.45) is 2.40. The molecule has 3 rings (SSSR count). The number of aliphatic hydroxyl groups excluding tert-OH is 1. The Morgan fingerprint density at radius 3 is 3.00 bits per heavy atom. The maximum Gasteiger partial charge on any atom is 0.0558 e. The number of hydrogen-bond donors (Lipinski definition) is 1.